The number of benzene rings is 1. The molecule has 5 nitrogen and oxygen atoms in total. The number of hydrogen-bond acceptors (Lipinski definition) is 4. The summed E-state index contributed by atoms with van der Waals surface area (Å²) in [4.78, 5) is 10.00. The Bertz CT molecular complexity index is 396. The Hall–Kier alpha value is -1.69. The van der Waals surface area contributed by atoms with E-state index in [0.29, 0.717) is 6.54 Å². The number of nitro groups is 1. The fraction of sp³-hybridized carbons (Fsp3) is 0.455. The van der Waals surface area contributed by atoms with E-state index >= 15 is 0 Å². The molecule has 0 aromatic heterocycles. The van der Waals surface area contributed by atoms with Crippen LogP contribution in [0.3, 0.4) is 0 Å². The van der Waals surface area contributed by atoms with Gasteiger partial charge in [0.2, 0.25) is 5.75 Å². The number of rotatable bonds is 6. The number of para-hydroxylation sites is 1. The second kappa shape index (κ2) is 6.15. The van der Waals surface area contributed by atoms with E-state index in [1.807, 2.05) is 13.8 Å². The highest BCUT2D eigenvalue weighted by molar-refractivity contribution is 5.46. The van der Waals surface area contributed by atoms with Crippen molar-refractivity contribution in [3.05, 3.63) is 34.1 Å². The van der Waals surface area contributed by atoms with Crippen LogP contribution in [0.4, 0.5) is 10.1 Å². The van der Waals surface area contributed by atoms with Crippen molar-refractivity contribution in [3.63, 3.8) is 0 Å². The van der Waals surface area contributed by atoms with Crippen LogP contribution in [0.1, 0.15) is 13.8 Å². The second-order valence-electron chi connectivity index (χ2n) is 3.80. The molecule has 0 aliphatic heterocycles. The van der Waals surface area contributed by atoms with Crippen LogP contribution in [0.15, 0.2) is 18.2 Å². The Labute approximate surface area is 98.7 Å². The summed E-state index contributed by atoms with van der Waals surface area (Å²) in [6, 6.07) is 3.92. The first-order chi connectivity index (χ1) is 8.02. The van der Waals surface area contributed by atoms with Crippen molar-refractivity contribution in [1.29, 1.82) is 0 Å². The lowest BCUT2D eigenvalue weighted by atomic mass is 10.3. The lowest BCUT2D eigenvalue weighted by Gasteiger charge is -2.10. The summed E-state index contributed by atoms with van der Waals surface area (Å²) in [7, 11) is 0. The van der Waals surface area contributed by atoms with E-state index < -0.39 is 10.7 Å². The minimum atomic E-state index is -0.719. The van der Waals surface area contributed by atoms with E-state index in [4.69, 9.17) is 4.74 Å². The number of ether oxygens (including phenoxy) is 1. The van der Waals surface area contributed by atoms with Gasteiger partial charge in [-0.1, -0.05) is 19.9 Å². The summed E-state index contributed by atoms with van der Waals surface area (Å²) in [6.07, 6.45) is 0. The summed E-state index contributed by atoms with van der Waals surface area (Å²) >= 11 is 0. The lowest BCUT2D eigenvalue weighted by molar-refractivity contribution is -0.386. The van der Waals surface area contributed by atoms with Crippen molar-refractivity contribution in [2.75, 3.05) is 13.2 Å². The third-order valence-electron chi connectivity index (χ3n) is 2.04. The molecule has 0 fully saturated rings. The molecule has 6 heteroatoms. The maximum Gasteiger partial charge on any atom is 0.314 e. The first-order valence-corrected chi connectivity index (χ1v) is 5.31. The second-order valence-corrected chi connectivity index (χ2v) is 3.80. The molecule has 0 aliphatic rings. The first-order valence-electron chi connectivity index (χ1n) is 5.31. The number of nitro benzene ring substituents is 1. The highest BCUT2D eigenvalue weighted by atomic mass is 19.1. The van der Waals surface area contributed by atoms with E-state index in [-0.39, 0.29) is 24.1 Å². The zero-order valence-electron chi connectivity index (χ0n) is 9.77. The third kappa shape index (κ3) is 3.99. The van der Waals surface area contributed by atoms with E-state index in [2.05, 4.69) is 5.32 Å². The van der Waals surface area contributed by atoms with E-state index in [0.717, 1.165) is 6.07 Å². The molecule has 0 radical (unpaired) electrons. The van der Waals surface area contributed by atoms with Crippen LogP contribution in [-0.2, 0) is 0 Å². The summed E-state index contributed by atoms with van der Waals surface area (Å²) in [5.74, 6) is -1.02. The molecule has 0 bridgehead atoms. The molecule has 0 spiro atoms. The molecule has 0 saturated carbocycles. The molecule has 0 heterocycles. The average molecular weight is 242 g/mol. The Morgan fingerprint density at radius 3 is 2.82 bits per heavy atom. The van der Waals surface area contributed by atoms with E-state index in [1.165, 1.54) is 12.1 Å². The SMILES string of the molecule is CC(C)NCCOc1c(F)cccc1[N+](=O)[O-]. The van der Waals surface area contributed by atoms with Crippen LogP contribution in [0.5, 0.6) is 5.75 Å². The lowest BCUT2D eigenvalue weighted by Crippen LogP contribution is -2.27. The van der Waals surface area contributed by atoms with Crippen molar-refractivity contribution < 1.29 is 14.1 Å². The summed E-state index contributed by atoms with van der Waals surface area (Å²) in [5, 5.41) is 13.7. The molecule has 1 rings (SSSR count). The Kier molecular flexibility index (Phi) is 4.84. The van der Waals surface area contributed by atoms with Gasteiger partial charge in [0.05, 0.1) is 4.92 Å². The van der Waals surface area contributed by atoms with Gasteiger partial charge in [0.1, 0.15) is 6.61 Å². The zero-order chi connectivity index (χ0) is 12.8. The molecule has 0 unspecified atom stereocenters. The molecule has 1 aromatic rings. The molecule has 1 N–H and O–H groups in total. The number of nitrogens with one attached hydrogen (secondary N) is 1. The largest absolute Gasteiger partial charge is 0.483 e. The van der Waals surface area contributed by atoms with Crippen LogP contribution in [0, 0.1) is 15.9 Å². The molecular weight excluding hydrogens is 227 g/mol. The predicted octanol–water partition coefficient (Wildman–Crippen LogP) is 2.11. The maximum absolute atomic E-state index is 13.3. The molecule has 17 heavy (non-hydrogen) atoms. The van der Waals surface area contributed by atoms with Gasteiger partial charge in [0, 0.05) is 18.7 Å². The van der Waals surface area contributed by atoms with Crippen LogP contribution >= 0.6 is 0 Å². The summed E-state index contributed by atoms with van der Waals surface area (Å²) < 4.78 is 18.4. The number of hydrogen-bond donors (Lipinski definition) is 1. The zero-order valence-corrected chi connectivity index (χ0v) is 9.77. The van der Waals surface area contributed by atoms with Crippen molar-refractivity contribution in [3.8, 4) is 5.75 Å². The summed E-state index contributed by atoms with van der Waals surface area (Å²) in [5.41, 5.74) is -0.352. The monoisotopic (exact) mass is 242 g/mol. The van der Waals surface area contributed by atoms with Gasteiger partial charge in [-0.25, -0.2) is 4.39 Å². The fourth-order valence-corrected chi connectivity index (χ4v) is 1.28. The van der Waals surface area contributed by atoms with Gasteiger partial charge in [-0.15, -0.1) is 0 Å². The normalized spacial score (nSPS) is 10.6. The van der Waals surface area contributed by atoms with Gasteiger partial charge in [0.15, 0.2) is 5.82 Å². The number of nitrogens with zero attached hydrogens (tertiary/aromatic N) is 1. The third-order valence-corrected chi connectivity index (χ3v) is 2.04. The average Bonchev–Trinajstić information content (AvgIpc) is 2.25. The first kappa shape index (κ1) is 13.4. The van der Waals surface area contributed by atoms with Gasteiger partial charge >= 0.3 is 5.69 Å². The van der Waals surface area contributed by atoms with Crippen molar-refractivity contribution in [2.45, 2.75) is 19.9 Å². The highest BCUT2D eigenvalue weighted by Gasteiger charge is 2.18. The number of halogens is 1. The Balaban J connectivity index is 2.66. The Morgan fingerprint density at radius 1 is 1.53 bits per heavy atom. The van der Waals surface area contributed by atoms with Gasteiger partial charge in [0.25, 0.3) is 0 Å². The molecule has 0 atom stereocenters. The molecule has 0 amide bonds. The van der Waals surface area contributed by atoms with Crippen LogP contribution in [0.25, 0.3) is 0 Å². The van der Waals surface area contributed by atoms with Crippen LogP contribution in [0.2, 0.25) is 0 Å². The summed E-state index contributed by atoms with van der Waals surface area (Å²) in [6.45, 7) is 4.61. The fourth-order valence-electron chi connectivity index (χ4n) is 1.28. The molecule has 0 saturated heterocycles. The molecule has 0 aliphatic carbocycles. The van der Waals surface area contributed by atoms with Crippen molar-refractivity contribution in [2.24, 2.45) is 0 Å². The van der Waals surface area contributed by atoms with Crippen molar-refractivity contribution in [1.82, 2.24) is 5.32 Å². The standard InChI is InChI=1S/C11H15FN2O3/c1-8(2)13-6-7-17-11-9(12)4-3-5-10(11)14(15)16/h3-5,8,13H,6-7H2,1-2H3. The predicted molar refractivity (Wildman–Crippen MR) is 61.7 cm³/mol. The Morgan fingerprint density at radius 2 is 2.24 bits per heavy atom. The maximum atomic E-state index is 13.3. The van der Waals surface area contributed by atoms with Crippen LogP contribution in [-0.4, -0.2) is 24.1 Å². The topological polar surface area (TPSA) is 64.4 Å². The van der Waals surface area contributed by atoms with Gasteiger partial charge in [-0.2, -0.15) is 0 Å². The van der Waals surface area contributed by atoms with Gasteiger partial charge in [-0.3, -0.25) is 10.1 Å². The minimum Gasteiger partial charge on any atom is -0.483 e. The van der Waals surface area contributed by atoms with Gasteiger partial charge < -0.3 is 10.1 Å². The minimum absolute atomic E-state index is 0.181. The van der Waals surface area contributed by atoms with Gasteiger partial charge in [-0.05, 0) is 6.07 Å². The van der Waals surface area contributed by atoms with E-state index in [9.17, 15) is 14.5 Å². The molecular formula is C11H15FN2O3. The highest BCUT2D eigenvalue weighted by Crippen LogP contribution is 2.29. The molecule has 1 aromatic carbocycles. The smallest absolute Gasteiger partial charge is 0.314 e. The quantitative estimate of drug-likeness (QED) is 0.471. The van der Waals surface area contributed by atoms with Crippen molar-refractivity contribution >= 4 is 5.69 Å². The van der Waals surface area contributed by atoms with Crippen LogP contribution < -0.4 is 10.1 Å². The van der Waals surface area contributed by atoms with E-state index in [1.54, 1.807) is 0 Å². The molecule has 94 valence electrons.